The maximum atomic E-state index is 13.3. The lowest BCUT2D eigenvalue weighted by atomic mass is 9.87. The molecule has 1 fully saturated rings. The van der Waals surface area contributed by atoms with Gasteiger partial charge in [0.2, 0.25) is 0 Å². The van der Waals surface area contributed by atoms with Gasteiger partial charge in [-0.3, -0.25) is 19.6 Å². The van der Waals surface area contributed by atoms with Gasteiger partial charge in [0.05, 0.1) is 11.0 Å². The van der Waals surface area contributed by atoms with Crippen LogP contribution < -0.4 is 10.7 Å². The molecule has 0 bridgehead atoms. The number of rotatable bonds is 5. The van der Waals surface area contributed by atoms with E-state index in [1.165, 1.54) is 0 Å². The van der Waals surface area contributed by atoms with E-state index in [1.807, 2.05) is 60.9 Å². The van der Waals surface area contributed by atoms with E-state index in [-0.39, 0.29) is 0 Å². The summed E-state index contributed by atoms with van der Waals surface area (Å²) in [5.74, 6) is -0.314. The number of aromatic nitrogens is 2. The van der Waals surface area contributed by atoms with Gasteiger partial charge in [0, 0.05) is 11.3 Å². The van der Waals surface area contributed by atoms with Gasteiger partial charge < -0.3 is 5.32 Å². The Morgan fingerprint density at radius 3 is 2.35 bits per heavy atom. The first-order chi connectivity index (χ1) is 16.4. The molecule has 170 valence electrons. The molecule has 1 atom stereocenters. The summed E-state index contributed by atoms with van der Waals surface area (Å²) in [6, 6.07) is 23.3. The van der Waals surface area contributed by atoms with Gasteiger partial charge in [-0.25, -0.2) is 9.78 Å². The van der Waals surface area contributed by atoms with Crippen LogP contribution >= 0.6 is 0 Å². The Hall–Kier alpha value is -4.46. The van der Waals surface area contributed by atoms with E-state index in [9.17, 15) is 14.4 Å². The minimum atomic E-state index is -1.22. The molecule has 0 aliphatic carbocycles. The Bertz CT molecular complexity index is 1410. The van der Waals surface area contributed by atoms with Crippen LogP contribution in [0.5, 0.6) is 0 Å². The number of nitrogens with one attached hydrogen (secondary N) is 2. The van der Waals surface area contributed by atoms with Gasteiger partial charge in [0.15, 0.2) is 0 Å². The van der Waals surface area contributed by atoms with Gasteiger partial charge in [-0.05, 0) is 49.2 Å². The highest BCUT2D eigenvalue weighted by atomic mass is 16.2. The molecule has 5 rings (SSSR count). The van der Waals surface area contributed by atoms with E-state index in [1.54, 1.807) is 36.4 Å². The van der Waals surface area contributed by atoms with Crippen LogP contribution in [0.1, 0.15) is 35.1 Å². The molecule has 0 unspecified atom stereocenters. The zero-order valence-corrected chi connectivity index (χ0v) is 18.8. The molecule has 0 saturated carbocycles. The minimum Gasteiger partial charge on any atom is -0.318 e. The average Bonchev–Trinajstić information content (AvgIpc) is 3.32. The second-order valence-corrected chi connectivity index (χ2v) is 8.17. The first kappa shape index (κ1) is 21.4. The molecule has 0 spiro atoms. The van der Waals surface area contributed by atoms with Crippen LogP contribution in [-0.2, 0) is 10.3 Å². The first-order valence-corrected chi connectivity index (χ1v) is 11.0. The van der Waals surface area contributed by atoms with Crippen LogP contribution in [0.25, 0.3) is 16.7 Å². The number of amides is 4. The van der Waals surface area contributed by atoms with Crippen molar-refractivity contribution >= 4 is 28.9 Å². The van der Waals surface area contributed by atoms with Crippen molar-refractivity contribution in [3.05, 3.63) is 95.8 Å². The normalized spacial score (nSPS) is 17.8. The van der Waals surface area contributed by atoms with Gasteiger partial charge in [0.1, 0.15) is 11.4 Å². The summed E-state index contributed by atoms with van der Waals surface area (Å²) >= 11 is 0. The molecule has 1 aliphatic heterocycles. The number of aryl methyl sites for hydroxylation is 1. The zero-order valence-electron chi connectivity index (χ0n) is 18.8. The first-order valence-electron chi connectivity index (χ1n) is 11.0. The SMILES string of the molecule is CC[C@@]1(c2ccccc2)NC(=O)N(NC(=O)c2ccc3c(c2)nc(C)n3-c2ccccc2)C1=O. The molecule has 2 N–H and O–H groups in total. The topological polar surface area (TPSA) is 96.3 Å². The zero-order chi connectivity index (χ0) is 23.9. The van der Waals surface area contributed by atoms with Gasteiger partial charge in [-0.15, -0.1) is 0 Å². The number of hydrogen-bond donors (Lipinski definition) is 2. The Kier molecular flexibility index (Phi) is 5.13. The van der Waals surface area contributed by atoms with Crippen LogP contribution in [0.3, 0.4) is 0 Å². The summed E-state index contributed by atoms with van der Waals surface area (Å²) in [6.07, 6.45) is 0.343. The van der Waals surface area contributed by atoms with Crippen molar-refractivity contribution in [3.63, 3.8) is 0 Å². The van der Waals surface area contributed by atoms with E-state index in [0.717, 1.165) is 22.0 Å². The average molecular weight is 454 g/mol. The van der Waals surface area contributed by atoms with Crippen molar-refractivity contribution in [2.24, 2.45) is 0 Å². The lowest BCUT2D eigenvalue weighted by Crippen LogP contribution is -2.48. The lowest BCUT2D eigenvalue weighted by Gasteiger charge is -2.25. The molecule has 1 saturated heterocycles. The predicted octanol–water partition coefficient (Wildman–Crippen LogP) is 3.84. The van der Waals surface area contributed by atoms with Crippen LogP contribution in [-0.4, -0.2) is 32.4 Å². The van der Waals surface area contributed by atoms with E-state index in [4.69, 9.17) is 0 Å². The number of fused-ring (bicyclic) bond motifs is 1. The van der Waals surface area contributed by atoms with E-state index in [0.29, 0.717) is 23.1 Å². The fourth-order valence-electron chi connectivity index (χ4n) is 4.45. The second-order valence-electron chi connectivity index (χ2n) is 8.17. The summed E-state index contributed by atoms with van der Waals surface area (Å²) in [7, 11) is 0. The molecular weight excluding hydrogens is 430 g/mol. The molecule has 34 heavy (non-hydrogen) atoms. The molecule has 8 heteroatoms. The van der Waals surface area contributed by atoms with Gasteiger partial charge in [-0.2, -0.15) is 5.01 Å². The van der Waals surface area contributed by atoms with Crippen molar-refractivity contribution in [2.75, 3.05) is 0 Å². The maximum Gasteiger partial charge on any atom is 0.344 e. The standard InChI is InChI=1S/C26H23N5O3/c1-3-26(19-10-6-4-7-11-19)24(33)31(25(34)28-26)29-23(32)18-14-15-22-21(16-18)27-17(2)30(22)20-12-8-5-9-13-20/h4-16H,3H2,1-2H3,(H,28,34)(H,29,32)/t26-/m0/s1. The van der Waals surface area contributed by atoms with Crippen molar-refractivity contribution in [1.82, 2.24) is 25.3 Å². The number of nitrogens with zero attached hydrogens (tertiary/aromatic N) is 3. The van der Waals surface area contributed by atoms with Crippen LogP contribution in [0, 0.1) is 6.92 Å². The Labute approximate surface area is 196 Å². The van der Waals surface area contributed by atoms with Crippen LogP contribution in [0.4, 0.5) is 4.79 Å². The molecule has 1 aliphatic rings. The Morgan fingerprint density at radius 2 is 1.68 bits per heavy atom. The number of urea groups is 1. The quantitative estimate of drug-likeness (QED) is 0.449. The molecule has 3 aromatic carbocycles. The number of imide groups is 1. The smallest absolute Gasteiger partial charge is 0.318 e. The summed E-state index contributed by atoms with van der Waals surface area (Å²) in [5.41, 5.74) is 4.66. The third kappa shape index (κ3) is 3.31. The fourth-order valence-corrected chi connectivity index (χ4v) is 4.45. The molecular formula is C26H23N5O3. The largest absolute Gasteiger partial charge is 0.344 e. The summed E-state index contributed by atoms with van der Waals surface area (Å²) in [6.45, 7) is 3.71. The second kappa shape index (κ2) is 8.15. The number of hydrogen-bond acceptors (Lipinski definition) is 4. The number of para-hydroxylation sites is 1. The number of carbonyl (C=O) groups is 3. The Morgan fingerprint density at radius 1 is 1.00 bits per heavy atom. The molecule has 8 nitrogen and oxygen atoms in total. The predicted molar refractivity (Wildman–Crippen MR) is 127 cm³/mol. The molecule has 4 aromatic rings. The number of benzene rings is 3. The van der Waals surface area contributed by atoms with Crippen molar-refractivity contribution in [1.29, 1.82) is 0 Å². The monoisotopic (exact) mass is 453 g/mol. The van der Waals surface area contributed by atoms with Gasteiger partial charge >= 0.3 is 6.03 Å². The minimum absolute atomic E-state index is 0.291. The highest BCUT2D eigenvalue weighted by molar-refractivity contribution is 6.09. The molecule has 2 heterocycles. The number of hydrazine groups is 1. The van der Waals surface area contributed by atoms with Crippen molar-refractivity contribution < 1.29 is 14.4 Å². The molecule has 0 radical (unpaired) electrons. The fraction of sp³-hybridized carbons (Fsp3) is 0.154. The van der Waals surface area contributed by atoms with Crippen molar-refractivity contribution in [2.45, 2.75) is 25.8 Å². The highest BCUT2D eigenvalue weighted by Crippen LogP contribution is 2.31. The van der Waals surface area contributed by atoms with E-state index >= 15 is 0 Å². The molecule has 4 amide bonds. The summed E-state index contributed by atoms with van der Waals surface area (Å²) < 4.78 is 2.00. The lowest BCUT2D eigenvalue weighted by molar-refractivity contribution is -0.133. The van der Waals surface area contributed by atoms with Crippen molar-refractivity contribution in [3.8, 4) is 5.69 Å². The molecule has 1 aromatic heterocycles. The highest BCUT2D eigenvalue weighted by Gasteiger charge is 2.52. The maximum absolute atomic E-state index is 13.3. The Balaban J connectivity index is 1.43. The van der Waals surface area contributed by atoms with E-state index < -0.39 is 23.4 Å². The summed E-state index contributed by atoms with van der Waals surface area (Å²) in [4.78, 5) is 43.6. The van der Waals surface area contributed by atoms with Gasteiger partial charge in [0.25, 0.3) is 11.8 Å². The van der Waals surface area contributed by atoms with E-state index in [2.05, 4.69) is 15.7 Å². The summed E-state index contributed by atoms with van der Waals surface area (Å²) in [5, 5.41) is 3.52. The van der Waals surface area contributed by atoms with Gasteiger partial charge in [-0.1, -0.05) is 55.5 Å². The van der Waals surface area contributed by atoms with Crippen LogP contribution in [0.2, 0.25) is 0 Å². The number of carbonyl (C=O) groups excluding carboxylic acids is 3. The third-order valence-corrected chi connectivity index (χ3v) is 6.20. The van der Waals surface area contributed by atoms with Crippen LogP contribution in [0.15, 0.2) is 78.9 Å². The number of imidazole rings is 1. The third-order valence-electron chi connectivity index (χ3n) is 6.20.